The molecule has 0 amide bonds. The number of hydrogen-bond donors (Lipinski definition) is 2. The summed E-state index contributed by atoms with van der Waals surface area (Å²) in [6.45, 7) is 3.95. The Kier molecular flexibility index (Phi) is 3.51. The standard InChI is InChI=1S/C20H18N6/c1-11-19(12(2)26(3)25-11)18-9-15(16(10-21)20(22)24-18)13-4-5-17-14(8-13)6-7-23-17/h4-9,23H,1-3H3,(H2,22,24). The zero-order chi connectivity index (χ0) is 18.4. The van der Waals surface area contributed by atoms with E-state index in [0.717, 1.165) is 44.7 Å². The summed E-state index contributed by atoms with van der Waals surface area (Å²) in [5.74, 6) is 0.233. The number of benzene rings is 1. The number of rotatable bonds is 2. The number of nitrogen functional groups attached to an aromatic ring is 1. The predicted octanol–water partition coefficient (Wildman–Crippen LogP) is 3.70. The van der Waals surface area contributed by atoms with Crippen molar-refractivity contribution in [1.29, 1.82) is 5.26 Å². The summed E-state index contributed by atoms with van der Waals surface area (Å²) in [6, 6.07) is 12.2. The highest BCUT2D eigenvalue weighted by Crippen LogP contribution is 2.34. The molecule has 6 nitrogen and oxygen atoms in total. The first kappa shape index (κ1) is 15.9. The zero-order valence-corrected chi connectivity index (χ0v) is 14.8. The second-order valence-electron chi connectivity index (χ2n) is 6.38. The lowest BCUT2D eigenvalue weighted by molar-refractivity contribution is 0.731. The number of nitrogens with one attached hydrogen (secondary N) is 1. The van der Waals surface area contributed by atoms with Crippen LogP contribution in [0.4, 0.5) is 5.82 Å². The lowest BCUT2D eigenvalue weighted by Crippen LogP contribution is -2.01. The van der Waals surface area contributed by atoms with E-state index in [4.69, 9.17) is 5.73 Å². The Balaban J connectivity index is 1.99. The van der Waals surface area contributed by atoms with Gasteiger partial charge < -0.3 is 10.7 Å². The van der Waals surface area contributed by atoms with Crippen molar-refractivity contribution in [2.75, 3.05) is 5.73 Å². The van der Waals surface area contributed by atoms with Gasteiger partial charge in [0, 0.05) is 35.6 Å². The first-order chi connectivity index (χ1) is 12.5. The minimum Gasteiger partial charge on any atom is -0.383 e. The van der Waals surface area contributed by atoms with Crippen LogP contribution in [0.2, 0.25) is 0 Å². The summed E-state index contributed by atoms with van der Waals surface area (Å²) in [6.07, 6.45) is 1.90. The van der Waals surface area contributed by atoms with Gasteiger partial charge in [0.2, 0.25) is 0 Å². The maximum Gasteiger partial charge on any atom is 0.142 e. The van der Waals surface area contributed by atoms with Crippen LogP contribution in [-0.4, -0.2) is 19.7 Å². The van der Waals surface area contributed by atoms with Crippen LogP contribution in [0.1, 0.15) is 17.0 Å². The first-order valence-corrected chi connectivity index (χ1v) is 8.28. The maximum atomic E-state index is 9.62. The second-order valence-corrected chi connectivity index (χ2v) is 6.38. The van der Waals surface area contributed by atoms with Gasteiger partial charge in [-0.3, -0.25) is 4.68 Å². The number of pyridine rings is 1. The predicted molar refractivity (Wildman–Crippen MR) is 102 cm³/mol. The molecule has 6 heteroatoms. The number of nitrogens with zero attached hydrogens (tertiary/aromatic N) is 4. The molecular formula is C20H18N6. The molecule has 0 fully saturated rings. The van der Waals surface area contributed by atoms with Crippen LogP contribution in [-0.2, 0) is 7.05 Å². The molecule has 26 heavy (non-hydrogen) atoms. The molecule has 0 bridgehead atoms. The molecule has 1 aromatic carbocycles. The van der Waals surface area contributed by atoms with E-state index < -0.39 is 0 Å². The van der Waals surface area contributed by atoms with Crippen LogP contribution in [0.5, 0.6) is 0 Å². The molecule has 0 spiro atoms. The highest BCUT2D eigenvalue weighted by Gasteiger charge is 2.18. The van der Waals surface area contributed by atoms with Gasteiger partial charge in [-0.25, -0.2) is 4.98 Å². The topological polar surface area (TPSA) is 96.3 Å². The van der Waals surface area contributed by atoms with Gasteiger partial charge in [0.05, 0.1) is 11.4 Å². The molecule has 0 aliphatic heterocycles. The second kappa shape index (κ2) is 5.74. The average Bonchev–Trinajstić information content (AvgIpc) is 3.18. The van der Waals surface area contributed by atoms with Crippen molar-refractivity contribution in [2.24, 2.45) is 7.05 Å². The van der Waals surface area contributed by atoms with Gasteiger partial charge in [-0.2, -0.15) is 10.4 Å². The monoisotopic (exact) mass is 342 g/mol. The van der Waals surface area contributed by atoms with Crippen LogP contribution in [0, 0.1) is 25.2 Å². The van der Waals surface area contributed by atoms with E-state index in [1.807, 2.05) is 62.1 Å². The van der Waals surface area contributed by atoms with Crippen molar-refractivity contribution in [2.45, 2.75) is 13.8 Å². The van der Waals surface area contributed by atoms with E-state index in [0.29, 0.717) is 5.56 Å². The molecular weight excluding hydrogens is 324 g/mol. The molecule has 3 heterocycles. The fourth-order valence-electron chi connectivity index (χ4n) is 3.40. The molecule has 0 radical (unpaired) electrons. The Morgan fingerprint density at radius 3 is 2.69 bits per heavy atom. The summed E-state index contributed by atoms with van der Waals surface area (Å²) in [5.41, 5.74) is 12.9. The van der Waals surface area contributed by atoms with E-state index >= 15 is 0 Å². The number of H-pyrrole nitrogens is 1. The number of anilines is 1. The first-order valence-electron chi connectivity index (χ1n) is 8.28. The highest BCUT2D eigenvalue weighted by atomic mass is 15.3. The third-order valence-corrected chi connectivity index (χ3v) is 4.79. The van der Waals surface area contributed by atoms with Crippen LogP contribution < -0.4 is 5.73 Å². The Bertz CT molecular complexity index is 1190. The van der Waals surface area contributed by atoms with Crippen molar-refractivity contribution in [1.82, 2.24) is 19.7 Å². The van der Waals surface area contributed by atoms with E-state index in [2.05, 4.69) is 21.1 Å². The minimum atomic E-state index is 0.233. The Morgan fingerprint density at radius 1 is 1.19 bits per heavy atom. The summed E-state index contributed by atoms with van der Waals surface area (Å²) < 4.78 is 1.83. The number of nitriles is 1. The lowest BCUT2D eigenvalue weighted by atomic mass is 9.97. The van der Waals surface area contributed by atoms with Crippen LogP contribution >= 0.6 is 0 Å². The van der Waals surface area contributed by atoms with Crippen LogP contribution in [0.15, 0.2) is 36.5 Å². The van der Waals surface area contributed by atoms with E-state index in [1.54, 1.807) is 0 Å². The third kappa shape index (κ3) is 2.33. The minimum absolute atomic E-state index is 0.233. The molecule has 3 N–H and O–H groups in total. The molecule has 0 aliphatic rings. The highest BCUT2D eigenvalue weighted by molar-refractivity contribution is 5.88. The molecule has 0 unspecified atom stereocenters. The van der Waals surface area contributed by atoms with Gasteiger partial charge in [-0.1, -0.05) is 6.07 Å². The number of hydrogen-bond acceptors (Lipinski definition) is 4. The number of aromatic amines is 1. The smallest absolute Gasteiger partial charge is 0.142 e. The zero-order valence-electron chi connectivity index (χ0n) is 14.8. The fourth-order valence-corrected chi connectivity index (χ4v) is 3.40. The molecule has 0 aliphatic carbocycles. The normalized spacial score (nSPS) is 11.0. The summed E-state index contributed by atoms with van der Waals surface area (Å²) in [5, 5.41) is 15.2. The van der Waals surface area contributed by atoms with Gasteiger partial charge >= 0.3 is 0 Å². The lowest BCUT2D eigenvalue weighted by Gasteiger charge is -2.11. The fraction of sp³-hybridized carbons (Fsp3) is 0.150. The summed E-state index contributed by atoms with van der Waals surface area (Å²) in [4.78, 5) is 7.66. The third-order valence-electron chi connectivity index (χ3n) is 4.79. The van der Waals surface area contributed by atoms with Gasteiger partial charge in [-0.05, 0) is 49.1 Å². The summed E-state index contributed by atoms with van der Waals surface area (Å²) in [7, 11) is 1.90. The Labute approximate surface area is 150 Å². The van der Waals surface area contributed by atoms with Crippen molar-refractivity contribution >= 4 is 16.7 Å². The van der Waals surface area contributed by atoms with E-state index in [9.17, 15) is 5.26 Å². The molecule has 0 saturated heterocycles. The Hall–Kier alpha value is -3.59. The van der Waals surface area contributed by atoms with Crippen molar-refractivity contribution in [3.8, 4) is 28.5 Å². The summed E-state index contributed by atoms with van der Waals surface area (Å²) >= 11 is 0. The molecule has 0 atom stereocenters. The van der Waals surface area contributed by atoms with Crippen LogP contribution in [0.3, 0.4) is 0 Å². The van der Waals surface area contributed by atoms with Crippen LogP contribution in [0.25, 0.3) is 33.3 Å². The number of aromatic nitrogens is 4. The SMILES string of the molecule is Cc1nn(C)c(C)c1-c1cc(-c2ccc3[nH]ccc3c2)c(C#N)c(N)n1. The number of aryl methyl sites for hydroxylation is 2. The van der Waals surface area contributed by atoms with E-state index in [1.165, 1.54) is 0 Å². The van der Waals surface area contributed by atoms with Crippen molar-refractivity contribution in [3.05, 3.63) is 53.5 Å². The van der Waals surface area contributed by atoms with Gasteiger partial charge in [0.15, 0.2) is 0 Å². The number of nitrogens with two attached hydrogens (primary N) is 1. The molecule has 4 rings (SSSR count). The quantitative estimate of drug-likeness (QED) is 0.580. The van der Waals surface area contributed by atoms with Gasteiger partial charge in [0.25, 0.3) is 0 Å². The van der Waals surface area contributed by atoms with Gasteiger partial charge in [0.1, 0.15) is 17.5 Å². The average molecular weight is 342 g/mol. The molecule has 128 valence electrons. The van der Waals surface area contributed by atoms with E-state index in [-0.39, 0.29) is 5.82 Å². The largest absolute Gasteiger partial charge is 0.383 e. The molecule has 3 aromatic heterocycles. The molecule has 0 saturated carbocycles. The van der Waals surface area contributed by atoms with Crippen molar-refractivity contribution < 1.29 is 0 Å². The Morgan fingerprint density at radius 2 is 2.00 bits per heavy atom. The molecule has 4 aromatic rings. The van der Waals surface area contributed by atoms with Crippen molar-refractivity contribution in [3.63, 3.8) is 0 Å². The van der Waals surface area contributed by atoms with Gasteiger partial charge in [-0.15, -0.1) is 0 Å². The maximum absolute atomic E-state index is 9.62. The number of fused-ring (bicyclic) bond motifs is 1.